The highest BCUT2D eigenvalue weighted by Crippen LogP contribution is 2.50. The van der Waals surface area contributed by atoms with Crippen molar-refractivity contribution in [1.82, 2.24) is 0 Å². The summed E-state index contributed by atoms with van der Waals surface area (Å²) in [6.07, 6.45) is 13.9. The van der Waals surface area contributed by atoms with Crippen LogP contribution in [0.5, 0.6) is 5.75 Å². The van der Waals surface area contributed by atoms with Crippen molar-refractivity contribution in [3.05, 3.63) is 64.7 Å². The molecule has 0 saturated heterocycles. The van der Waals surface area contributed by atoms with Gasteiger partial charge in [0.25, 0.3) is 10.1 Å². The van der Waals surface area contributed by atoms with Crippen LogP contribution in [0.1, 0.15) is 99.3 Å². The summed E-state index contributed by atoms with van der Waals surface area (Å²) in [4.78, 5) is 0. The lowest BCUT2D eigenvalue weighted by Crippen LogP contribution is -2.35. The van der Waals surface area contributed by atoms with Crippen molar-refractivity contribution in [2.45, 2.75) is 95.8 Å². The molecule has 0 saturated carbocycles. The van der Waals surface area contributed by atoms with Gasteiger partial charge in [0, 0.05) is 0 Å². The molecule has 4 nitrogen and oxygen atoms in total. The Bertz CT molecular complexity index is 1030. The first-order valence-corrected chi connectivity index (χ1v) is 15.1. The van der Waals surface area contributed by atoms with E-state index in [0.717, 1.165) is 37.7 Å². The lowest BCUT2D eigenvalue weighted by Gasteiger charge is -2.44. The third kappa shape index (κ3) is 8.08. The van der Waals surface area contributed by atoms with Crippen molar-refractivity contribution in [1.29, 1.82) is 0 Å². The Labute approximate surface area is 213 Å². The van der Waals surface area contributed by atoms with Crippen LogP contribution < -0.4 is 4.74 Å². The predicted molar refractivity (Wildman–Crippen MR) is 145 cm³/mol. The van der Waals surface area contributed by atoms with Crippen molar-refractivity contribution in [3.8, 4) is 5.75 Å². The number of unbranched alkanes of at least 4 members (excludes halogenated alkanes) is 7. The highest BCUT2D eigenvalue weighted by Gasteiger charge is 2.40. The predicted octanol–water partition coefficient (Wildman–Crippen LogP) is 7.48. The molecule has 0 heterocycles. The molecule has 1 aliphatic carbocycles. The Hall–Kier alpha value is -1.85. The maximum atomic E-state index is 11.0. The molecule has 0 fully saturated rings. The Morgan fingerprint density at radius 2 is 1.54 bits per heavy atom. The fourth-order valence-electron chi connectivity index (χ4n) is 5.72. The number of hydrogen-bond acceptors (Lipinski definition) is 4. The summed E-state index contributed by atoms with van der Waals surface area (Å²) in [5.74, 6) is 1.46. The second-order valence-electron chi connectivity index (χ2n) is 10.5. The van der Waals surface area contributed by atoms with E-state index >= 15 is 0 Å². The van der Waals surface area contributed by atoms with Crippen LogP contribution in [-0.4, -0.2) is 28.4 Å². The van der Waals surface area contributed by atoms with Gasteiger partial charge in [0.15, 0.2) is 0 Å². The van der Waals surface area contributed by atoms with Gasteiger partial charge in [0.2, 0.25) is 0 Å². The number of hydrogen-bond donors (Lipinski definition) is 0. The molecule has 1 aliphatic rings. The number of ether oxygens (including phenoxy) is 1. The van der Waals surface area contributed by atoms with Crippen LogP contribution in [-0.2, 0) is 26.1 Å². The van der Waals surface area contributed by atoms with Gasteiger partial charge in [0.1, 0.15) is 5.75 Å². The molecule has 0 aliphatic heterocycles. The number of fused-ring (bicyclic) bond motifs is 1. The van der Waals surface area contributed by atoms with Crippen LogP contribution in [0.4, 0.5) is 0 Å². The van der Waals surface area contributed by atoms with Crippen molar-refractivity contribution >= 4 is 10.1 Å². The third-order valence-electron chi connectivity index (χ3n) is 7.79. The van der Waals surface area contributed by atoms with E-state index in [1.54, 1.807) is 18.2 Å². The smallest absolute Gasteiger partial charge is 0.264 e. The standard InChI is InChI=1S/C30H44O4S/c1-24-14-19-28-25(23-24)20-21-30(2,26-15-17-27(33-3)18-16-26)29(28)13-11-9-7-5-6-8-10-12-22-34-35(4,31)32/h14-19,23,29H,5-13,20-22H2,1-4H3. The van der Waals surface area contributed by atoms with Crippen LogP contribution in [0, 0.1) is 6.92 Å². The van der Waals surface area contributed by atoms with Gasteiger partial charge >= 0.3 is 0 Å². The maximum Gasteiger partial charge on any atom is 0.264 e. The van der Waals surface area contributed by atoms with Crippen LogP contribution >= 0.6 is 0 Å². The van der Waals surface area contributed by atoms with Gasteiger partial charge in [-0.25, -0.2) is 0 Å². The number of aryl methyl sites for hydroxylation is 2. The molecule has 0 radical (unpaired) electrons. The van der Waals surface area contributed by atoms with E-state index in [2.05, 4.69) is 56.3 Å². The minimum absolute atomic E-state index is 0.141. The zero-order valence-corrected chi connectivity index (χ0v) is 23.0. The molecule has 2 aromatic rings. The SMILES string of the molecule is COc1ccc(C2(C)CCc3cc(C)ccc3C2CCCCCCCCCCOS(C)(=O)=O)cc1. The van der Waals surface area contributed by atoms with Crippen molar-refractivity contribution in [2.24, 2.45) is 0 Å². The van der Waals surface area contributed by atoms with Crippen LogP contribution in [0.25, 0.3) is 0 Å². The molecule has 0 aromatic heterocycles. The number of rotatable bonds is 14. The highest BCUT2D eigenvalue weighted by molar-refractivity contribution is 7.85. The molecule has 2 aromatic carbocycles. The first-order chi connectivity index (χ1) is 16.7. The Morgan fingerprint density at radius 3 is 2.17 bits per heavy atom. The van der Waals surface area contributed by atoms with Crippen molar-refractivity contribution in [2.75, 3.05) is 20.0 Å². The average Bonchev–Trinajstić information content (AvgIpc) is 2.83. The number of benzene rings is 2. The van der Waals surface area contributed by atoms with Crippen LogP contribution in [0.15, 0.2) is 42.5 Å². The maximum absolute atomic E-state index is 11.0. The largest absolute Gasteiger partial charge is 0.497 e. The summed E-state index contributed by atoms with van der Waals surface area (Å²) < 4.78 is 32.2. The summed E-state index contributed by atoms with van der Waals surface area (Å²) >= 11 is 0. The van der Waals surface area contributed by atoms with E-state index in [0.29, 0.717) is 12.5 Å². The molecule has 3 rings (SSSR count). The summed E-state index contributed by atoms with van der Waals surface area (Å²) in [5, 5.41) is 0. The van der Waals surface area contributed by atoms with E-state index in [4.69, 9.17) is 8.92 Å². The Kier molecular flexibility index (Phi) is 10.2. The Morgan fingerprint density at radius 1 is 0.914 bits per heavy atom. The minimum Gasteiger partial charge on any atom is -0.497 e. The summed E-state index contributed by atoms with van der Waals surface area (Å²) in [7, 11) is -1.57. The highest BCUT2D eigenvalue weighted by atomic mass is 32.2. The molecule has 5 heteroatoms. The normalized spacial score (nSPS) is 19.9. The molecule has 194 valence electrons. The molecule has 0 bridgehead atoms. The van der Waals surface area contributed by atoms with Gasteiger partial charge in [-0.05, 0) is 72.8 Å². The summed E-state index contributed by atoms with van der Waals surface area (Å²) in [6.45, 7) is 4.98. The molecule has 0 amide bonds. The first-order valence-electron chi connectivity index (χ1n) is 13.3. The quantitative estimate of drug-likeness (QED) is 0.199. The van der Waals surface area contributed by atoms with E-state index in [1.165, 1.54) is 56.1 Å². The topological polar surface area (TPSA) is 52.6 Å². The Balaban J connectivity index is 1.51. The summed E-state index contributed by atoms with van der Waals surface area (Å²) in [5.41, 5.74) is 6.02. The molecule has 2 unspecified atom stereocenters. The van der Waals surface area contributed by atoms with Gasteiger partial charge in [-0.3, -0.25) is 4.18 Å². The molecular formula is C30H44O4S. The third-order valence-corrected chi connectivity index (χ3v) is 8.39. The van der Waals surface area contributed by atoms with E-state index in [1.807, 2.05) is 0 Å². The second kappa shape index (κ2) is 12.9. The zero-order chi connectivity index (χ0) is 25.3. The summed E-state index contributed by atoms with van der Waals surface area (Å²) in [6, 6.07) is 15.8. The molecule has 0 spiro atoms. The fraction of sp³-hybridized carbons (Fsp3) is 0.600. The fourth-order valence-corrected chi connectivity index (χ4v) is 6.14. The lowest BCUT2D eigenvalue weighted by molar-refractivity contribution is 0.304. The molecule has 0 N–H and O–H groups in total. The van der Waals surface area contributed by atoms with Gasteiger partial charge in [-0.2, -0.15) is 8.42 Å². The van der Waals surface area contributed by atoms with Gasteiger partial charge in [0.05, 0.1) is 20.0 Å². The van der Waals surface area contributed by atoms with E-state index in [9.17, 15) is 8.42 Å². The second-order valence-corrected chi connectivity index (χ2v) is 12.2. The first kappa shape index (κ1) is 27.7. The van der Waals surface area contributed by atoms with Crippen LogP contribution in [0.2, 0.25) is 0 Å². The average molecular weight is 501 g/mol. The monoisotopic (exact) mass is 500 g/mol. The van der Waals surface area contributed by atoms with Gasteiger partial charge < -0.3 is 4.74 Å². The van der Waals surface area contributed by atoms with Crippen molar-refractivity contribution < 1.29 is 17.3 Å². The minimum atomic E-state index is -3.30. The lowest BCUT2D eigenvalue weighted by atomic mass is 9.60. The number of methoxy groups -OCH3 is 1. The van der Waals surface area contributed by atoms with Gasteiger partial charge in [-0.15, -0.1) is 0 Å². The van der Waals surface area contributed by atoms with Gasteiger partial charge in [-0.1, -0.05) is 87.8 Å². The molecular weight excluding hydrogens is 456 g/mol. The van der Waals surface area contributed by atoms with Crippen LogP contribution in [0.3, 0.4) is 0 Å². The van der Waals surface area contributed by atoms with E-state index < -0.39 is 10.1 Å². The molecule has 35 heavy (non-hydrogen) atoms. The van der Waals surface area contributed by atoms with E-state index in [-0.39, 0.29) is 5.41 Å². The zero-order valence-electron chi connectivity index (χ0n) is 22.1. The molecule has 2 atom stereocenters. The van der Waals surface area contributed by atoms with Crippen molar-refractivity contribution in [3.63, 3.8) is 0 Å².